The number of aliphatic imine (C=N–C) groups is 1. The minimum absolute atomic E-state index is 0.170. The highest BCUT2D eigenvalue weighted by Gasteiger charge is 2.19. The number of fused-ring (bicyclic) bond motifs is 1. The van der Waals surface area contributed by atoms with Crippen molar-refractivity contribution in [2.24, 2.45) is 4.99 Å². The Balaban J connectivity index is 1.31. The van der Waals surface area contributed by atoms with Crippen molar-refractivity contribution in [3.05, 3.63) is 72.3 Å². The molecule has 4 aromatic rings. The van der Waals surface area contributed by atoms with Gasteiger partial charge in [-0.25, -0.2) is 15.0 Å². The normalized spacial score (nSPS) is 14.9. The molecule has 9 nitrogen and oxygen atoms in total. The van der Waals surface area contributed by atoms with Crippen LogP contribution in [-0.4, -0.2) is 59.2 Å². The highest BCUT2D eigenvalue weighted by atomic mass is 16.5. The molecule has 0 aliphatic carbocycles. The molecule has 1 aliphatic heterocycles. The van der Waals surface area contributed by atoms with E-state index in [2.05, 4.69) is 49.6 Å². The Hall–Kier alpha value is -4.24. The smallest absolute Gasteiger partial charge is 0.289 e. The zero-order valence-corrected chi connectivity index (χ0v) is 21.5. The molecule has 37 heavy (non-hydrogen) atoms. The van der Waals surface area contributed by atoms with Crippen LogP contribution in [0.1, 0.15) is 17.7 Å². The second-order valence-corrected chi connectivity index (χ2v) is 9.41. The van der Waals surface area contributed by atoms with Gasteiger partial charge >= 0.3 is 0 Å². The van der Waals surface area contributed by atoms with Gasteiger partial charge in [-0.2, -0.15) is 0 Å². The van der Waals surface area contributed by atoms with Gasteiger partial charge in [-0.1, -0.05) is 0 Å². The second kappa shape index (κ2) is 10.8. The molecule has 0 bridgehead atoms. The van der Waals surface area contributed by atoms with Crippen LogP contribution < -0.4 is 15.4 Å². The SMILES string of the molecule is Cc1ccc(Oc2ccc(Nc3ncnc4ccc(NC5=N[C@@H](CCN(C)C)CO5)cc34)cc2C)cn1. The molecule has 0 fully saturated rings. The topological polar surface area (TPSA) is 96.8 Å². The molecule has 3 heterocycles. The number of benzene rings is 2. The number of hydrogen-bond donors (Lipinski definition) is 2. The van der Waals surface area contributed by atoms with Crippen molar-refractivity contribution >= 4 is 34.1 Å². The molecular formula is C28H31N7O2. The van der Waals surface area contributed by atoms with Crippen LogP contribution in [0.2, 0.25) is 0 Å². The highest BCUT2D eigenvalue weighted by Crippen LogP contribution is 2.30. The predicted molar refractivity (Wildman–Crippen MR) is 147 cm³/mol. The quantitative estimate of drug-likeness (QED) is 0.339. The molecule has 5 rings (SSSR count). The van der Waals surface area contributed by atoms with Crippen LogP contribution in [0, 0.1) is 13.8 Å². The van der Waals surface area contributed by atoms with Crippen LogP contribution in [0.4, 0.5) is 17.2 Å². The molecule has 0 spiro atoms. The molecule has 0 saturated heterocycles. The van der Waals surface area contributed by atoms with Gasteiger partial charge in [-0.05, 0) is 95.0 Å². The maximum absolute atomic E-state index is 6.00. The van der Waals surface area contributed by atoms with Gasteiger partial charge < -0.3 is 25.0 Å². The first-order valence-corrected chi connectivity index (χ1v) is 12.3. The van der Waals surface area contributed by atoms with E-state index in [-0.39, 0.29) is 6.04 Å². The summed E-state index contributed by atoms with van der Waals surface area (Å²) in [6.07, 6.45) is 4.25. The van der Waals surface area contributed by atoms with Crippen LogP contribution in [0.5, 0.6) is 11.5 Å². The first-order valence-electron chi connectivity index (χ1n) is 12.3. The number of aromatic nitrogens is 3. The van der Waals surface area contributed by atoms with E-state index in [1.807, 2.05) is 62.4 Å². The fraction of sp³-hybridized carbons (Fsp3) is 0.286. The number of nitrogens with one attached hydrogen (secondary N) is 2. The molecular weight excluding hydrogens is 466 g/mol. The van der Waals surface area contributed by atoms with Crippen molar-refractivity contribution in [1.29, 1.82) is 0 Å². The van der Waals surface area contributed by atoms with Crippen LogP contribution in [-0.2, 0) is 4.74 Å². The molecule has 1 atom stereocenters. The third kappa shape index (κ3) is 6.13. The van der Waals surface area contributed by atoms with Crippen LogP contribution in [0.15, 0.2) is 66.0 Å². The number of aryl methyl sites for hydroxylation is 2. The van der Waals surface area contributed by atoms with E-state index in [1.165, 1.54) is 0 Å². The highest BCUT2D eigenvalue weighted by molar-refractivity contribution is 5.97. The van der Waals surface area contributed by atoms with Gasteiger partial charge in [0, 0.05) is 22.5 Å². The number of nitrogens with zero attached hydrogens (tertiary/aromatic N) is 5. The van der Waals surface area contributed by atoms with E-state index in [0.29, 0.717) is 24.2 Å². The number of ether oxygens (including phenoxy) is 2. The van der Waals surface area contributed by atoms with Crippen molar-refractivity contribution in [3.8, 4) is 11.5 Å². The Labute approximate surface area is 216 Å². The zero-order valence-electron chi connectivity index (χ0n) is 21.5. The van der Waals surface area contributed by atoms with Gasteiger partial charge in [0.05, 0.1) is 17.8 Å². The summed E-state index contributed by atoms with van der Waals surface area (Å²) in [5, 5.41) is 7.61. The average Bonchev–Trinajstić information content (AvgIpc) is 3.33. The van der Waals surface area contributed by atoms with E-state index < -0.39 is 0 Å². The van der Waals surface area contributed by atoms with E-state index in [9.17, 15) is 0 Å². The third-order valence-electron chi connectivity index (χ3n) is 6.06. The lowest BCUT2D eigenvalue weighted by atomic mass is 10.1. The van der Waals surface area contributed by atoms with Gasteiger partial charge in [0.2, 0.25) is 0 Å². The molecule has 2 aromatic carbocycles. The van der Waals surface area contributed by atoms with Crippen LogP contribution in [0.25, 0.3) is 10.9 Å². The molecule has 9 heteroatoms. The zero-order chi connectivity index (χ0) is 25.8. The van der Waals surface area contributed by atoms with Gasteiger partial charge in [0.15, 0.2) is 0 Å². The Kier molecular flexibility index (Phi) is 7.14. The van der Waals surface area contributed by atoms with Crippen LogP contribution in [0.3, 0.4) is 0 Å². The van der Waals surface area contributed by atoms with Crippen molar-refractivity contribution < 1.29 is 9.47 Å². The van der Waals surface area contributed by atoms with Gasteiger partial charge in [0.1, 0.15) is 30.3 Å². The lowest BCUT2D eigenvalue weighted by Gasteiger charge is -2.13. The van der Waals surface area contributed by atoms with Gasteiger partial charge in [-0.15, -0.1) is 0 Å². The van der Waals surface area contributed by atoms with E-state index >= 15 is 0 Å². The lowest BCUT2D eigenvalue weighted by Crippen LogP contribution is -2.19. The lowest BCUT2D eigenvalue weighted by molar-refractivity contribution is 0.294. The molecule has 0 radical (unpaired) electrons. The summed E-state index contributed by atoms with van der Waals surface area (Å²) in [4.78, 5) is 20.0. The maximum Gasteiger partial charge on any atom is 0.289 e. The van der Waals surface area contributed by atoms with Gasteiger partial charge in [-0.3, -0.25) is 4.98 Å². The first kappa shape index (κ1) is 24.5. The summed E-state index contributed by atoms with van der Waals surface area (Å²) >= 11 is 0. The predicted octanol–water partition coefficient (Wildman–Crippen LogP) is 5.30. The largest absolute Gasteiger partial charge is 0.463 e. The summed E-state index contributed by atoms with van der Waals surface area (Å²) in [5.74, 6) is 2.19. The molecule has 190 valence electrons. The average molecular weight is 498 g/mol. The number of anilines is 3. The molecule has 1 aliphatic rings. The Bertz CT molecular complexity index is 1420. The van der Waals surface area contributed by atoms with E-state index in [4.69, 9.17) is 9.47 Å². The minimum atomic E-state index is 0.170. The number of pyridine rings is 1. The maximum atomic E-state index is 6.00. The number of hydrogen-bond acceptors (Lipinski definition) is 9. The summed E-state index contributed by atoms with van der Waals surface area (Å²) in [5.41, 5.74) is 4.55. The second-order valence-electron chi connectivity index (χ2n) is 9.41. The molecule has 0 unspecified atom stereocenters. The van der Waals surface area contributed by atoms with E-state index in [0.717, 1.165) is 52.3 Å². The van der Waals surface area contributed by atoms with Gasteiger partial charge in [0.25, 0.3) is 6.02 Å². The van der Waals surface area contributed by atoms with Crippen molar-refractivity contribution in [2.75, 3.05) is 37.9 Å². The van der Waals surface area contributed by atoms with E-state index in [1.54, 1.807) is 12.5 Å². The summed E-state index contributed by atoms with van der Waals surface area (Å²) in [6.45, 7) is 5.53. The minimum Gasteiger partial charge on any atom is -0.463 e. The monoisotopic (exact) mass is 497 g/mol. The Morgan fingerprint density at radius 3 is 2.59 bits per heavy atom. The molecule has 2 N–H and O–H groups in total. The standard InChI is InChI=1S/C28H31N7O2/c1-18-13-20(7-10-26(18)37-23-8-5-19(2)29-15-23)32-27-24-14-21(6-9-25(24)30-17-31-27)33-28-34-22(16-36-28)11-12-35(3)4/h5-10,13-15,17,22H,11-12,16H2,1-4H3,(H,33,34)(H,30,31,32)/t22-/m0/s1. The summed E-state index contributed by atoms with van der Waals surface area (Å²) in [6, 6.07) is 16.4. The fourth-order valence-electron chi connectivity index (χ4n) is 4.02. The molecule has 0 amide bonds. The Morgan fingerprint density at radius 2 is 1.81 bits per heavy atom. The molecule has 0 saturated carbocycles. The van der Waals surface area contributed by atoms with Crippen molar-refractivity contribution in [2.45, 2.75) is 26.3 Å². The van der Waals surface area contributed by atoms with Crippen molar-refractivity contribution in [3.63, 3.8) is 0 Å². The number of amidine groups is 1. The van der Waals surface area contributed by atoms with Crippen molar-refractivity contribution in [1.82, 2.24) is 19.9 Å². The first-order chi connectivity index (χ1) is 17.9. The summed E-state index contributed by atoms with van der Waals surface area (Å²) in [7, 11) is 4.13. The fourth-order valence-corrected chi connectivity index (χ4v) is 4.02. The number of rotatable bonds is 8. The molecule has 2 aromatic heterocycles. The summed E-state index contributed by atoms with van der Waals surface area (Å²) < 4.78 is 11.8. The third-order valence-corrected chi connectivity index (χ3v) is 6.06. The Morgan fingerprint density at radius 1 is 0.973 bits per heavy atom. The van der Waals surface area contributed by atoms with Crippen LogP contribution >= 0.6 is 0 Å².